The van der Waals surface area contributed by atoms with Gasteiger partial charge in [-0.2, -0.15) is 0 Å². The molecule has 0 saturated heterocycles. The number of aromatic hydroxyl groups is 1. The summed E-state index contributed by atoms with van der Waals surface area (Å²) >= 11 is 0. The molecule has 0 amide bonds. The topological polar surface area (TPSA) is 77.9 Å². The fourth-order valence-electron chi connectivity index (χ4n) is 3.05. The molecule has 0 saturated carbocycles. The molecule has 0 aliphatic rings. The minimum Gasteiger partial charge on any atom is -0.504 e. The Balaban J connectivity index is 2.49. The van der Waals surface area contributed by atoms with Crippen molar-refractivity contribution in [1.82, 2.24) is 4.98 Å². The van der Waals surface area contributed by atoms with Gasteiger partial charge in [-0.25, -0.2) is 0 Å². The average molecular weight is 407 g/mol. The molecule has 2 rings (SSSR count). The van der Waals surface area contributed by atoms with Crippen LogP contribution in [-0.2, 0) is 20.0 Å². The van der Waals surface area contributed by atoms with Gasteiger partial charge >= 0.3 is 7.60 Å². The lowest BCUT2D eigenvalue weighted by atomic mass is 9.98. The van der Waals surface area contributed by atoms with E-state index < -0.39 is 13.7 Å². The summed E-state index contributed by atoms with van der Waals surface area (Å²) in [6.07, 6.45) is 0.217. The molecule has 2 aromatic rings. The van der Waals surface area contributed by atoms with Gasteiger partial charge in [0, 0.05) is 24.0 Å². The zero-order valence-corrected chi connectivity index (χ0v) is 18.4. The Kier molecular flexibility index (Phi) is 7.64. The van der Waals surface area contributed by atoms with Gasteiger partial charge in [0.15, 0.2) is 11.5 Å². The molecule has 7 heteroatoms. The molecule has 1 aromatic carbocycles. The van der Waals surface area contributed by atoms with E-state index in [2.05, 4.69) is 4.98 Å². The molecule has 1 N–H and O–H groups in total. The minimum absolute atomic E-state index is 0.0849. The molecule has 2 unspecified atom stereocenters. The summed E-state index contributed by atoms with van der Waals surface area (Å²) in [6.45, 7) is 9.57. The van der Waals surface area contributed by atoms with Crippen LogP contribution in [0.25, 0.3) is 0 Å². The van der Waals surface area contributed by atoms with E-state index in [-0.39, 0.29) is 11.9 Å². The normalized spacial score (nSPS) is 14.5. The molecule has 1 heterocycles. The van der Waals surface area contributed by atoms with E-state index in [1.165, 1.54) is 7.11 Å². The number of rotatable bonds is 9. The summed E-state index contributed by atoms with van der Waals surface area (Å²) in [4.78, 5) is 4.52. The van der Waals surface area contributed by atoms with Crippen LogP contribution in [0.1, 0.15) is 48.0 Å². The summed E-state index contributed by atoms with van der Waals surface area (Å²) < 4.78 is 29.9. The van der Waals surface area contributed by atoms with Gasteiger partial charge < -0.3 is 18.9 Å². The van der Waals surface area contributed by atoms with Crippen LogP contribution in [0.5, 0.6) is 11.5 Å². The third kappa shape index (κ3) is 5.34. The second kappa shape index (κ2) is 9.55. The number of phenols is 1. The van der Waals surface area contributed by atoms with Crippen LogP contribution in [-0.4, -0.2) is 30.0 Å². The molecule has 2 atom stereocenters. The Morgan fingerprint density at radius 2 is 1.89 bits per heavy atom. The number of pyridine rings is 1. The summed E-state index contributed by atoms with van der Waals surface area (Å²) in [7, 11) is -1.76. The molecule has 0 aliphatic carbocycles. The molecule has 1 aromatic heterocycles. The number of aromatic nitrogens is 1. The molecule has 0 spiro atoms. The summed E-state index contributed by atoms with van der Waals surface area (Å²) in [6, 6.07) is 7.50. The molecule has 0 aliphatic heterocycles. The third-order valence-corrected chi connectivity index (χ3v) is 6.62. The van der Waals surface area contributed by atoms with Gasteiger partial charge in [0.25, 0.3) is 0 Å². The zero-order valence-electron chi connectivity index (χ0n) is 17.5. The quantitative estimate of drug-likeness (QED) is 0.571. The van der Waals surface area contributed by atoms with Gasteiger partial charge in [-0.05, 0) is 62.6 Å². The van der Waals surface area contributed by atoms with Crippen molar-refractivity contribution in [1.29, 1.82) is 0 Å². The average Bonchev–Trinajstić information content (AvgIpc) is 2.65. The third-order valence-electron chi connectivity index (χ3n) is 4.62. The minimum atomic E-state index is -3.26. The molecular weight excluding hydrogens is 377 g/mol. The number of hydrogen-bond acceptors (Lipinski definition) is 6. The molecule has 0 radical (unpaired) electrons. The first kappa shape index (κ1) is 22.4. The van der Waals surface area contributed by atoms with E-state index in [1.807, 2.05) is 32.0 Å². The van der Waals surface area contributed by atoms with Crippen molar-refractivity contribution in [2.75, 3.05) is 19.9 Å². The van der Waals surface area contributed by atoms with Crippen LogP contribution in [0.2, 0.25) is 0 Å². The molecular formula is C21H30NO5P. The van der Waals surface area contributed by atoms with Crippen LogP contribution >= 0.6 is 7.60 Å². The first-order valence-electron chi connectivity index (χ1n) is 9.45. The van der Waals surface area contributed by atoms with E-state index in [0.717, 1.165) is 22.5 Å². The highest BCUT2D eigenvalue weighted by atomic mass is 31.2. The lowest BCUT2D eigenvalue weighted by molar-refractivity contribution is 0.151. The van der Waals surface area contributed by atoms with Crippen molar-refractivity contribution in [3.63, 3.8) is 0 Å². The predicted molar refractivity (Wildman–Crippen MR) is 110 cm³/mol. The highest BCUT2D eigenvalue weighted by molar-refractivity contribution is 7.53. The van der Waals surface area contributed by atoms with Crippen LogP contribution in [0.3, 0.4) is 0 Å². The number of benzene rings is 1. The van der Waals surface area contributed by atoms with Gasteiger partial charge in [0.2, 0.25) is 0 Å². The SMILES string of the molecule is CCOP(=O)(CC)OC(Cc1ccc(C)nc1C)c1cc(C)c(O)c(OC)c1. The fraction of sp³-hybridized carbons (Fsp3) is 0.476. The number of hydrogen-bond donors (Lipinski definition) is 1. The highest BCUT2D eigenvalue weighted by Gasteiger charge is 2.29. The predicted octanol–water partition coefficient (Wildman–Crippen LogP) is 5.27. The van der Waals surface area contributed by atoms with Crippen molar-refractivity contribution in [2.24, 2.45) is 0 Å². The lowest BCUT2D eigenvalue weighted by Crippen LogP contribution is -2.11. The molecule has 0 bridgehead atoms. The Morgan fingerprint density at radius 1 is 1.18 bits per heavy atom. The van der Waals surface area contributed by atoms with Crippen LogP contribution in [0.4, 0.5) is 0 Å². The molecule has 28 heavy (non-hydrogen) atoms. The Hall–Kier alpha value is -1.88. The molecule has 0 fully saturated rings. The maximum atomic E-state index is 13.1. The van der Waals surface area contributed by atoms with E-state index >= 15 is 0 Å². The lowest BCUT2D eigenvalue weighted by Gasteiger charge is -2.25. The first-order chi connectivity index (χ1) is 13.2. The standard InChI is InChI=1S/C21H30NO5P/c1-7-26-28(24,8-2)27-19(12-17-10-9-15(4)22-16(17)5)18-11-14(3)21(23)20(13-18)25-6/h9-11,13,19,23H,7-8,12H2,1-6H3. The van der Waals surface area contributed by atoms with Gasteiger partial charge in [-0.3, -0.25) is 9.55 Å². The summed E-state index contributed by atoms with van der Waals surface area (Å²) in [5.41, 5.74) is 4.26. The second-order valence-electron chi connectivity index (χ2n) is 6.73. The first-order valence-corrected chi connectivity index (χ1v) is 11.2. The summed E-state index contributed by atoms with van der Waals surface area (Å²) in [5.74, 6) is 0.437. The number of methoxy groups -OCH3 is 1. The van der Waals surface area contributed by atoms with Crippen molar-refractivity contribution in [2.45, 2.75) is 47.1 Å². The Morgan fingerprint density at radius 3 is 2.46 bits per heavy atom. The van der Waals surface area contributed by atoms with E-state index in [9.17, 15) is 9.67 Å². The molecule has 154 valence electrons. The molecule has 6 nitrogen and oxygen atoms in total. The van der Waals surface area contributed by atoms with Gasteiger partial charge in [-0.1, -0.05) is 13.0 Å². The van der Waals surface area contributed by atoms with E-state index in [4.69, 9.17) is 13.8 Å². The van der Waals surface area contributed by atoms with Crippen LogP contribution in [0, 0.1) is 20.8 Å². The Bertz CT molecular complexity index is 868. The smallest absolute Gasteiger partial charge is 0.330 e. The number of aryl methyl sites for hydroxylation is 3. The number of ether oxygens (including phenoxy) is 1. The van der Waals surface area contributed by atoms with Gasteiger partial charge in [0.05, 0.1) is 19.8 Å². The number of nitrogens with zero attached hydrogens (tertiary/aromatic N) is 1. The van der Waals surface area contributed by atoms with Crippen LogP contribution < -0.4 is 4.74 Å². The fourth-order valence-corrected chi connectivity index (χ4v) is 4.42. The van der Waals surface area contributed by atoms with Crippen molar-refractivity contribution >= 4 is 7.60 Å². The summed E-state index contributed by atoms with van der Waals surface area (Å²) in [5, 5.41) is 10.2. The van der Waals surface area contributed by atoms with Crippen LogP contribution in [0.15, 0.2) is 24.3 Å². The van der Waals surface area contributed by atoms with Crippen molar-refractivity contribution in [3.8, 4) is 11.5 Å². The van der Waals surface area contributed by atoms with Crippen molar-refractivity contribution in [3.05, 3.63) is 52.3 Å². The monoisotopic (exact) mass is 407 g/mol. The van der Waals surface area contributed by atoms with Gasteiger partial charge in [-0.15, -0.1) is 0 Å². The largest absolute Gasteiger partial charge is 0.504 e. The van der Waals surface area contributed by atoms with E-state index in [1.54, 1.807) is 26.8 Å². The zero-order chi connectivity index (χ0) is 20.9. The van der Waals surface area contributed by atoms with E-state index in [0.29, 0.717) is 24.3 Å². The number of phenolic OH excluding ortho intramolecular Hbond substituents is 1. The van der Waals surface area contributed by atoms with Gasteiger partial charge in [0.1, 0.15) is 0 Å². The second-order valence-corrected chi connectivity index (χ2v) is 9.05. The maximum absolute atomic E-state index is 13.1. The highest BCUT2D eigenvalue weighted by Crippen LogP contribution is 2.52. The maximum Gasteiger partial charge on any atom is 0.330 e. The van der Waals surface area contributed by atoms with Crippen molar-refractivity contribution < 1.29 is 23.5 Å². The Labute approximate surface area is 167 Å².